The highest BCUT2D eigenvalue weighted by molar-refractivity contribution is 6.51. The molecule has 31 heavy (non-hydrogen) atoms. The molecule has 154 valence electrons. The lowest BCUT2D eigenvalue weighted by molar-refractivity contribution is -0.385. The predicted octanol–water partition coefficient (Wildman–Crippen LogP) is 4.53. The Morgan fingerprint density at radius 3 is 2.19 bits per heavy atom. The molecule has 0 spiro atoms. The zero-order valence-electron chi connectivity index (χ0n) is 16.6. The highest BCUT2D eigenvalue weighted by Crippen LogP contribution is 2.44. The number of hydrogen-bond donors (Lipinski definition) is 1. The van der Waals surface area contributed by atoms with E-state index in [4.69, 9.17) is 0 Å². The van der Waals surface area contributed by atoms with Gasteiger partial charge in [0, 0.05) is 17.3 Å². The van der Waals surface area contributed by atoms with Gasteiger partial charge in [0.25, 0.3) is 17.4 Å². The Hall–Kier alpha value is -4.26. The van der Waals surface area contributed by atoms with Gasteiger partial charge in [-0.2, -0.15) is 0 Å². The maximum absolute atomic E-state index is 13.1. The first kappa shape index (κ1) is 20.0. The Balaban J connectivity index is 2.01. The van der Waals surface area contributed by atoms with Gasteiger partial charge in [-0.15, -0.1) is 0 Å². The molecule has 0 bridgehead atoms. The number of rotatable bonds is 4. The minimum Gasteiger partial charge on any atom is -0.507 e. The number of anilines is 1. The molecule has 0 radical (unpaired) electrons. The highest BCUT2D eigenvalue weighted by Gasteiger charge is 2.48. The summed E-state index contributed by atoms with van der Waals surface area (Å²) in [4.78, 5) is 38.4. The maximum Gasteiger partial charge on any atom is 0.300 e. The van der Waals surface area contributed by atoms with Crippen LogP contribution in [0.15, 0.2) is 84.4 Å². The topological polar surface area (TPSA) is 101 Å². The van der Waals surface area contributed by atoms with Crippen LogP contribution in [0.4, 0.5) is 11.4 Å². The van der Waals surface area contributed by atoms with Gasteiger partial charge < -0.3 is 5.11 Å². The SMILES string of the molecule is Cc1ccc(/C(O)=C2\C(=O)C(=O)N(c3ccccc3)[C@H]2c2ccccc2[N+](=O)[O-])cc1. The van der Waals surface area contributed by atoms with Gasteiger partial charge in [0.2, 0.25) is 0 Å². The molecule has 0 aromatic heterocycles. The number of aliphatic hydroxyl groups excluding tert-OH is 1. The number of ketones is 1. The molecule has 1 fully saturated rings. The first-order valence-electron chi connectivity index (χ1n) is 9.56. The van der Waals surface area contributed by atoms with Crippen LogP contribution in [0.5, 0.6) is 0 Å². The van der Waals surface area contributed by atoms with Crippen molar-refractivity contribution in [3.05, 3.63) is 111 Å². The Kier molecular flexibility index (Phi) is 5.09. The Morgan fingerprint density at radius 2 is 1.55 bits per heavy atom. The summed E-state index contributed by atoms with van der Waals surface area (Å²) in [7, 11) is 0. The number of aryl methyl sites for hydroxylation is 1. The second kappa shape index (κ2) is 7.87. The summed E-state index contributed by atoms with van der Waals surface area (Å²) in [6.07, 6.45) is 0. The lowest BCUT2D eigenvalue weighted by atomic mass is 9.94. The van der Waals surface area contributed by atoms with Crippen molar-refractivity contribution in [3.63, 3.8) is 0 Å². The molecule has 1 heterocycles. The second-order valence-electron chi connectivity index (χ2n) is 7.19. The van der Waals surface area contributed by atoms with Gasteiger partial charge in [-0.1, -0.05) is 60.2 Å². The molecule has 0 aliphatic carbocycles. The molecule has 1 aliphatic rings. The van der Waals surface area contributed by atoms with E-state index in [0.717, 1.165) is 5.56 Å². The number of hydrogen-bond acceptors (Lipinski definition) is 5. The van der Waals surface area contributed by atoms with Crippen molar-refractivity contribution in [1.29, 1.82) is 0 Å². The van der Waals surface area contributed by atoms with E-state index >= 15 is 0 Å². The van der Waals surface area contributed by atoms with Gasteiger partial charge in [0.1, 0.15) is 11.8 Å². The number of Topliss-reactive ketones (excluding diaryl/α,β-unsaturated/α-hetero) is 1. The molecular weight excluding hydrogens is 396 g/mol. The van der Waals surface area contributed by atoms with Crippen molar-refractivity contribution in [2.75, 3.05) is 4.90 Å². The first-order chi connectivity index (χ1) is 14.9. The molecule has 0 unspecified atom stereocenters. The highest BCUT2D eigenvalue weighted by atomic mass is 16.6. The monoisotopic (exact) mass is 414 g/mol. The molecule has 3 aromatic rings. The quantitative estimate of drug-likeness (QED) is 0.222. The van der Waals surface area contributed by atoms with Crippen LogP contribution in [0, 0.1) is 17.0 Å². The fourth-order valence-electron chi connectivity index (χ4n) is 3.73. The van der Waals surface area contributed by atoms with Crippen LogP contribution >= 0.6 is 0 Å². The van der Waals surface area contributed by atoms with Crippen LogP contribution < -0.4 is 4.90 Å². The molecule has 7 nitrogen and oxygen atoms in total. The van der Waals surface area contributed by atoms with Gasteiger partial charge in [-0.25, -0.2) is 0 Å². The van der Waals surface area contributed by atoms with Crippen LogP contribution in [0.3, 0.4) is 0 Å². The number of nitrogens with zero attached hydrogens (tertiary/aromatic N) is 2. The fraction of sp³-hybridized carbons (Fsp3) is 0.0833. The zero-order chi connectivity index (χ0) is 22.1. The normalized spacial score (nSPS) is 17.7. The first-order valence-corrected chi connectivity index (χ1v) is 9.56. The number of carbonyl (C=O) groups is 2. The maximum atomic E-state index is 13.1. The number of nitro groups is 1. The van der Waals surface area contributed by atoms with Crippen molar-refractivity contribution in [2.24, 2.45) is 0 Å². The fourth-order valence-corrected chi connectivity index (χ4v) is 3.73. The van der Waals surface area contributed by atoms with Gasteiger partial charge in [-0.05, 0) is 25.1 Å². The summed E-state index contributed by atoms with van der Waals surface area (Å²) in [5, 5.41) is 22.7. The number of carbonyl (C=O) groups excluding carboxylic acids is 2. The van der Waals surface area contributed by atoms with Crippen molar-refractivity contribution < 1.29 is 19.6 Å². The Bertz CT molecular complexity index is 1220. The number of para-hydroxylation sites is 2. The number of nitro benzene ring substituents is 1. The lowest BCUT2D eigenvalue weighted by Crippen LogP contribution is -2.29. The van der Waals surface area contributed by atoms with E-state index in [0.29, 0.717) is 11.3 Å². The molecule has 1 N–H and O–H groups in total. The van der Waals surface area contributed by atoms with Gasteiger partial charge in [0.05, 0.1) is 16.1 Å². The molecule has 4 rings (SSSR count). The zero-order valence-corrected chi connectivity index (χ0v) is 16.6. The number of benzene rings is 3. The predicted molar refractivity (Wildman–Crippen MR) is 116 cm³/mol. The molecule has 0 saturated carbocycles. The number of amides is 1. The summed E-state index contributed by atoms with van der Waals surface area (Å²) in [6.45, 7) is 1.88. The van der Waals surface area contributed by atoms with E-state index < -0.39 is 22.7 Å². The van der Waals surface area contributed by atoms with E-state index in [1.807, 2.05) is 6.92 Å². The standard InChI is InChI=1S/C24H18N2O5/c1-15-11-13-16(14-12-15)22(27)20-21(18-9-5-6-10-19(18)26(30)31)25(24(29)23(20)28)17-7-3-2-4-8-17/h2-14,21,27H,1H3/b22-20+/t21-/m0/s1. The summed E-state index contributed by atoms with van der Waals surface area (Å²) in [5.41, 5.74) is 1.41. The largest absolute Gasteiger partial charge is 0.507 e. The Morgan fingerprint density at radius 1 is 0.935 bits per heavy atom. The smallest absolute Gasteiger partial charge is 0.300 e. The molecular formula is C24H18N2O5. The number of aliphatic hydroxyl groups is 1. The average Bonchev–Trinajstić information content (AvgIpc) is 3.05. The van der Waals surface area contributed by atoms with E-state index in [9.17, 15) is 24.8 Å². The third kappa shape index (κ3) is 3.46. The van der Waals surface area contributed by atoms with Crippen LogP contribution in [0.25, 0.3) is 5.76 Å². The minimum absolute atomic E-state index is 0.143. The summed E-state index contributed by atoms with van der Waals surface area (Å²) < 4.78 is 0. The van der Waals surface area contributed by atoms with Crippen molar-refractivity contribution in [3.8, 4) is 0 Å². The van der Waals surface area contributed by atoms with Crippen LogP contribution in [-0.4, -0.2) is 21.7 Å². The lowest BCUT2D eigenvalue weighted by Gasteiger charge is -2.25. The molecule has 1 saturated heterocycles. The Labute approximate surface area is 178 Å². The van der Waals surface area contributed by atoms with E-state index in [2.05, 4.69) is 0 Å². The average molecular weight is 414 g/mol. The van der Waals surface area contributed by atoms with Crippen molar-refractivity contribution in [2.45, 2.75) is 13.0 Å². The minimum atomic E-state index is -1.15. The molecule has 1 amide bonds. The van der Waals surface area contributed by atoms with Crippen LogP contribution in [0.2, 0.25) is 0 Å². The molecule has 1 atom stereocenters. The summed E-state index contributed by atoms with van der Waals surface area (Å²) in [6, 6.07) is 20.0. The van der Waals surface area contributed by atoms with E-state index in [1.54, 1.807) is 60.7 Å². The van der Waals surface area contributed by atoms with Crippen molar-refractivity contribution >= 4 is 28.8 Å². The third-order valence-electron chi connectivity index (χ3n) is 5.23. The van der Waals surface area contributed by atoms with Crippen molar-refractivity contribution in [1.82, 2.24) is 0 Å². The molecule has 3 aromatic carbocycles. The third-order valence-corrected chi connectivity index (χ3v) is 5.23. The van der Waals surface area contributed by atoms with Crippen LogP contribution in [0.1, 0.15) is 22.7 Å². The summed E-state index contributed by atoms with van der Waals surface area (Å²) >= 11 is 0. The van der Waals surface area contributed by atoms with Crippen LogP contribution in [-0.2, 0) is 9.59 Å². The van der Waals surface area contributed by atoms with Gasteiger partial charge in [-0.3, -0.25) is 24.6 Å². The van der Waals surface area contributed by atoms with E-state index in [-0.39, 0.29) is 22.6 Å². The molecule has 7 heteroatoms. The van der Waals surface area contributed by atoms with E-state index in [1.165, 1.54) is 23.1 Å². The second-order valence-corrected chi connectivity index (χ2v) is 7.19. The summed E-state index contributed by atoms with van der Waals surface area (Å²) in [5.74, 6) is -2.13. The van der Waals surface area contributed by atoms with Gasteiger partial charge in [0.15, 0.2) is 0 Å². The van der Waals surface area contributed by atoms with Gasteiger partial charge >= 0.3 is 0 Å². The molecule has 1 aliphatic heterocycles.